The number of hydrogen-bond donors (Lipinski definition) is 3. The molecule has 1 aromatic carbocycles. The van der Waals surface area contributed by atoms with Crippen molar-refractivity contribution in [1.82, 2.24) is 0 Å². The summed E-state index contributed by atoms with van der Waals surface area (Å²) >= 11 is 0. The minimum atomic E-state index is -5.44. The second-order valence-corrected chi connectivity index (χ2v) is 5.10. The molecule has 0 unspecified atom stereocenters. The third kappa shape index (κ3) is 3.09. The Bertz CT molecular complexity index is 398. The molecule has 0 aliphatic heterocycles. The largest absolute Gasteiger partial charge is 0.394 e. The van der Waals surface area contributed by atoms with Gasteiger partial charge in [0.25, 0.3) is 0 Å². The van der Waals surface area contributed by atoms with Crippen LogP contribution < -0.4 is 0 Å². The molecule has 0 fully saturated rings. The van der Waals surface area contributed by atoms with E-state index >= 15 is 0 Å². The van der Waals surface area contributed by atoms with E-state index in [0.29, 0.717) is 5.56 Å². The highest BCUT2D eigenvalue weighted by Crippen LogP contribution is 2.54. The van der Waals surface area contributed by atoms with Crippen LogP contribution in [0, 0.1) is 0 Å². The van der Waals surface area contributed by atoms with E-state index in [0.717, 1.165) is 0 Å². The van der Waals surface area contributed by atoms with Crippen molar-refractivity contribution < 1.29 is 28.2 Å². The summed E-state index contributed by atoms with van der Waals surface area (Å²) in [6, 6.07) is 5.44. The van der Waals surface area contributed by atoms with Gasteiger partial charge in [-0.3, -0.25) is 4.57 Å². The molecule has 1 aromatic rings. The maximum Gasteiger partial charge on any atom is 0.394 e. The van der Waals surface area contributed by atoms with Gasteiger partial charge in [-0.25, -0.2) is 0 Å². The number of hydrogen-bond acceptors (Lipinski definition) is 2. The zero-order valence-electron chi connectivity index (χ0n) is 8.18. The summed E-state index contributed by atoms with van der Waals surface area (Å²) in [5.41, 5.74) is -3.41. The molecule has 0 atom stereocenters. The van der Waals surface area contributed by atoms with Crippen LogP contribution in [0.1, 0.15) is 11.1 Å². The number of aliphatic hydroxyl groups excluding tert-OH is 1. The number of alkyl halides is 2. The number of benzene rings is 1. The molecule has 0 saturated carbocycles. The summed E-state index contributed by atoms with van der Waals surface area (Å²) < 4.78 is 36.5. The lowest BCUT2D eigenvalue weighted by molar-refractivity contribution is 0.0594. The molecule has 0 spiro atoms. The maximum atomic E-state index is 13.0. The van der Waals surface area contributed by atoms with Crippen LogP contribution in [-0.2, 0) is 17.6 Å². The number of halogens is 2. The zero-order valence-corrected chi connectivity index (χ0v) is 9.07. The van der Waals surface area contributed by atoms with Crippen molar-refractivity contribution in [3.63, 3.8) is 0 Å². The van der Waals surface area contributed by atoms with Gasteiger partial charge in [0, 0.05) is 6.42 Å². The molecule has 0 aromatic heterocycles. The van der Waals surface area contributed by atoms with Crippen molar-refractivity contribution in [3.05, 3.63) is 35.4 Å². The van der Waals surface area contributed by atoms with Gasteiger partial charge in [0.2, 0.25) is 0 Å². The molecule has 4 nitrogen and oxygen atoms in total. The van der Waals surface area contributed by atoms with Gasteiger partial charge in [0.1, 0.15) is 0 Å². The lowest BCUT2D eigenvalue weighted by atomic mass is 10.1. The van der Waals surface area contributed by atoms with Crippen LogP contribution in [0.4, 0.5) is 8.78 Å². The fourth-order valence-corrected chi connectivity index (χ4v) is 1.50. The Morgan fingerprint density at radius 3 is 1.94 bits per heavy atom. The molecule has 3 N–H and O–H groups in total. The molecule has 0 bridgehead atoms. The summed E-state index contributed by atoms with van der Waals surface area (Å²) in [7, 11) is -5.44. The predicted octanol–water partition coefficient (Wildman–Crippen LogP) is 1.49. The molecule has 0 aliphatic rings. The van der Waals surface area contributed by atoms with Crippen LogP contribution in [-0.4, -0.2) is 20.6 Å². The Morgan fingerprint density at radius 1 is 1.12 bits per heavy atom. The maximum absolute atomic E-state index is 13.0. The lowest BCUT2D eigenvalue weighted by Gasteiger charge is -2.17. The SMILES string of the molecule is O=P(O)(O)C(F)(F)Cc1ccc(CO)cc1. The zero-order chi connectivity index (χ0) is 12.4. The summed E-state index contributed by atoms with van der Waals surface area (Å²) in [6.45, 7) is -0.213. The van der Waals surface area contributed by atoms with E-state index in [-0.39, 0.29) is 12.2 Å². The van der Waals surface area contributed by atoms with Gasteiger partial charge in [-0.05, 0) is 11.1 Å². The van der Waals surface area contributed by atoms with E-state index in [2.05, 4.69) is 0 Å². The standard InChI is InChI=1S/C9H11F2O4P/c10-9(11,16(13,14)15)5-7-1-3-8(6-12)4-2-7/h1-4,12H,5-6H2,(H2,13,14,15). The molecule has 0 saturated heterocycles. The van der Waals surface area contributed by atoms with Crippen molar-refractivity contribution in [2.24, 2.45) is 0 Å². The second-order valence-electron chi connectivity index (χ2n) is 3.36. The smallest absolute Gasteiger partial charge is 0.392 e. The molecule has 0 aliphatic carbocycles. The molecular formula is C9H11F2O4P. The van der Waals surface area contributed by atoms with Crippen molar-refractivity contribution in [1.29, 1.82) is 0 Å². The van der Waals surface area contributed by atoms with Crippen LogP contribution in [0.2, 0.25) is 0 Å². The van der Waals surface area contributed by atoms with Crippen molar-refractivity contribution in [2.45, 2.75) is 18.7 Å². The van der Waals surface area contributed by atoms with Gasteiger partial charge in [0.05, 0.1) is 6.61 Å². The molecule has 0 heterocycles. The van der Waals surface area contributed by atoms with Crippen LogP contribution >= 0.6 is 7.60 Å². The quantitative estimate of drug-likeness (QED) is 0.709. The van der Waals surface area contributed by atoms with Gasteiger partial charge in [-0.15, -0.1) is 0 Å². The van der Waals surface area contributed by atoms with Crippen LogP contribution in [0.3, 0.4) is 0 Å². The van der Waals surface area contributed by atoms with E-state index in [1.807, 2.05) is 0 Å². The highest BCUT2D eigenvalue weighted by molar-refractivity contribution is 7.53. The first kappa shape index (κ1) is 13.3. The lowest BCUT2D eigenvalue weighted by Crippen LogP contribution is -2.19. The molecule has 0 radical (unpaired) electrons. The average Bonchev–Trinajstić information content (AvgIpc) is 2.16. The predicted molar refractivity (Wildman–Crippen MR) is 53.1 cm³/mol. The van der Waals surface area contributed by atoms with E-state index in [1.54, 1.807) is 0 Å². The van der Waals surface area contributed by atoms with E-state index in [9.17, 15) is 13.3 Å². The topological polar surface area (TPSA) is 77.8 Å². The van der Waals surface area contributed by atoms with Gasteiger partial charge in [0.15, 0.2) is 0 Å². The van der Waals surface area contributed by atoms with Gasteiger partial charge < -0.3 is 14.9 Å². The summed E-state index contributed by atoms with van der Waals surface area (Å²) in [6.07, 6.45) is -1.02. The van der Waals surface area contributed by atoms with Crippen LogP contribution in [0.25, 0.3) is 0 Å². The molecule has 16 heavy (non-hydrogen) atoms. The number of rotatable bonds is 4. The van der Waals surface area contributed by atoms with E-state index < -0.39 is 19.7 Å². The highest BCUT2D eigenvalue weighted by atomic mass is 31.2. The monoisotopic (exact) mass is 252 g/mol. The molecule has 90 valence electrons. The number of aliphatic hydroxyl groups is 1. The minimum absolute atomic E-state index is 0.102. The first-order valence-corrected chi connectivity index (χ1v) is 5.99. The van der Waals surface area contributed by atoms with Gasteiger partial charge in [-0.1, -0.05) is 24.3 Å². The average molecular weight is 252 g/mol. The Morgan fingerprint density at radius 2 is 1.56 bits per heavy atom. The Balaban J connectivity index is 2.84. The van der Waals surface area contributed by atoms with Crippen molar-refractivity contribution in [3.8, 4) is 0 Å². The summed E-state index contributed by atoms with van der Waals surface area (Å²) in [5.74, 6) is 0. The first-order chi connectivity index (χ1) is 7.26. The molecule has 0 amide bonds. The van der Waals surface area contributed by atoms with Crippen molar-refractivity contribution in [2.75, 3.05) is 0 Å². The fourth-order valence-electron chi connectivity index (χ4n) is 1.11. The van der Waals surface area contributed by atoms with Gasteiger partial charge >= 0.3 is 13.3 Å². The van der Waals surface area contributed by atoms with Crippen molar-refractivity contribution >= 4 is 7.60 Å². The summed E-state index contributed by atoms with van der Waals surface area (Å²) in [5, 5.41) is 8.72. The Labute approximate surface area is 90.7 Å². The van der Waals surface area contributed by atoms with E-state index in [1.165, 1.54) is 24.3 Å². The normalized spacial score (nSPS) is 12.8. The third-order valence-electron chi connectivity index (χ3n) is 2.05. The van der Waals surface area contributed by atoms with Crippen LogP contribution in [0.5, 0.6) is 0 Å². The fraction of sp³-hybridized carbons (Fsp3) is 0.333. The Kier molecular flexibility index (Phi) is 3.80. The highest BCUT2D eigenvalue weighted by Gasteiger charge is 2.48. The molecule has 1 rings (SSSR count). The van der Waals surface area contributed by atoms with Crippen LogP contribution in [0.15, 0.2) is 24.3 Å². The molecular weight excluding hydrogens is 241 g/mol. The minimum Gasteiger partial charge on any atom is -0.392 e. The summed E-state index contributed by atoms with van der Waals surface area (Å²) in [4.78, 5) is 16.9. The third-order valence-corrected chi connectivity index (χ3v) is 3.06. The first-order valence-electron chi connectivity index (χ1n) is 4.38. The van der Waals surface area contributed by atoms with E-state index in [4.69, 9.17) is 14.9 Å². The van der Waals surface area contributed by atoms with Gasteiger partial charge in [-0.2, -0.15) is 8.78 Å². The molecule has 7 heteroatoms. The second kappa shape index (κ2) is 4.59. The Hall–Kier alpha value is -0.810.